The molecule has 0 saturated heterocycles. The molecule has 1 heterocycles. The Hall–Kier alpha value is -1.51. The van der Waals surface area contributed by atoms with Crippen molar-refractivity contribution in [2.45, 2.75) is 19.8 Å². The van der Waals surface area contributed by atoms with E-state index in [1.165, 1.54) is 6.20 Å². The molecule has 1 aromatic heterocycles. The average Bonchev–Trinajstić information content (AvgIpc) is 2.48. The van der Waals surface area contributed by atoms with E-state index in [1.807, 2.05) is 10.8 Å². The van der Waals surface area contributed by atoms with Crippen LogP contribution in [0.1, 0.15) is 31.3 Å². The second-order valence-corrected chi connectivity index (χ2v) is 3.11. The molecule has 0 radical (unpaired) electrons. The van der Waals surface area contributed by atoms with Gasteiger partial charge < -0.3 is 10.3 Å². The molecule has 0 aliphatic heterocycles. The van der Waals surface area contributed by atoms with E-state index in [0.717, 1.165) is 11.5 Å². The van der Waals surface area contributed by atoms with Crippen LogP contribution in [0.15, 0.2) is 19.0 Å². The monoisotopic (exact) mass is 177 g/mol. The fourth-order valence-corrected chi connectivity index (χ4v) is 1.22. The van der Waals surface area contributed by atoms with Crippen LogP contribution in [0.5, 0.6) is 0 Å². The van der Waals surface area contributed by atoms with Gasteiger partial charge in [0.1, 0.15) is 5.82 Å². The molecule has 0 aromatic carbocycles. The van der Waals surface area contributed by atoms with Gasteiger partial charge >= 0.3 is 0 Å². The molecule has 3 nitrogen and oxygen atoms in total. The van der Waals surface area contributed by atoms with Gasteiger partial charge in [-0.2, -0.15) is 0 Å². The van der Waals surface area contributed by atoms with Gasteiger partial charge in [0.25, 0.3) is 0 Å². The summed E-state index contributed by atoms with van der Waals surface area (Å²) in [7, 11) is 0. The highest BCUT2D eigenvalue weighted by Gasteiger charge is 2.07. The fraction of sp³-hybridized carbons (Fsp3) is 0.300. The fourth-order valence-electron chi connectivity index (χ4n) is 1.22. The predicted octanol–water partition coefficient (Wildman–Crippen LogP) is 2.04. The van der Waals surface area contributed by atoms with Crippen LogP contribution in [0.3, 0.4) is 0 Å². The lowest BCUT2D eigenvalue weighted by Gasteiger charge is -2.07. The summed E-state index contributed by atoms with van der Waals surface area (Å²) in [4.78, 5) is 4.21. The van der Waals surface area contributed by atoms with E-state index in [2.05, 4.69) is 25.4 Å². The van der Waals surface area contributed by atoms with Gasteiger partial charge in [-0.3, -0.25) is 0 Å². The van der Waals surface area contributed by atoms with Gasteiger partial charge in [-0.15, -0.1) is 0 Å². The second-order valence-electron chi connectivity index (χ2n) is 3.11. The minimum absolute atomic E-state index is 0.428. The minimum Gasteiger partial charge on any atom is -0.403 e. The first-order valence-corrected chi connectivity index (χ1v) is 4.28. The average molecular weight is 177 g/mol. The Morgan fingerprint density at radius 2 is 2.31 bits per heavy atom. The quantitative estimate of drug-likeness (QED) is 0.767. The first kappa shape index (κ1) is 9.58. The standard InChI is InChI=1S/C10H15N3/c1-4-10-12-7-9(8(2)3)13(10)6-5-11/h4-8H,1,11H2,2-3H3/b6-5-. The molecule has 13 heavy (non-hydrogen) atoms. The molecule has 3 heteroatoms. The summed E-state index contributed by atoms with van der Waals surface area (Å²) in [6.07, 6.45) is 6.85. The van der Waals surface area contributed by atoms with Crippen LogP contribution in [0, 0.1) is 0 Å². The highest BCUT2D eigenvalue weighted by Crippen LogP contribution is 2.16. The zero-order chi connectivity index (χ0) is 9.84. The summed E-state index contributed by atoms with van der Waals surface area (Å²) in [6.45, 7) is 7.92. The Balaban J connectivity index is 3.21. The lowest BCUT2D eigenvalue weighted by atomic mass is 10.1. The van der Waals surface area contributed by atoms with Crippen LogP contribution >= 0.6 is 0 Å². The summed E-state index contributed by atoms with van der Waals surface area (Å²) in [5.41, 5.74) is 6.48. The molecule has 70 valence electrons. The van der Waals surface area contributed by atoms with E-state index in [1.54, 1.807) is 12.3 Å². The molecule has 0 spiro atoms. The van der Waals surface area contributed by atoms with Crippen molar-refractivity contribution in [1.29, 1.82) is 0 Å². The van der Waals surface area contributed by atoms with Gasteiger partial charge in [0.15, 0.2) is 0 Å². The van der Waals surface area contributed by atoms with E-state index in [0.29, 0.717) is 5.92 Å². The molecule has 1 rings (SSSR count). The summed E-state index contributed by atoms with van der Waals surface area (Å²) in [5, 5.41) is 0. The van der Waals surface area contributed by atoms with Gasteiger partial charge in [-0.25, -0.2) is 4.98 Å². The Kier molecular flexibility index (Phi) is 2.90. The maximum Gasteiger partial charge on any atom is 0.136 e. The first-order valence-electron chi connectivity index (χ1n) is 4.28. The lowest BCUT2D eigenvalue weighted by Crippen LogP contribution is -1.99. The molecule has 1 aromatic rings. The van der Waals surface area contributed by atoms with E-state index in [9.17, 15) is 0 Å². The van der Waals surface area contributed by atoms with Crippen molar-refractivity contribution in [1.82, 2.24) is 9.55 Å². The van der Waals surface area contributed by atoms with E-state index in [-0.39, 0.29) is 0 Å². The molecular formula is C10H15N3. The molecular weight excluding hydrogens is 162 g/mol. The number of hydrogen-bond acceptors (Lipinski definition) is 2. The number of aromatic nitrogens is 2. The van der Waals surface area contributed by atoms with Crippen molar-refractivity contribution in [3.8, 4) is 0 Å². The second kappa shape index (κ2) is 3.94. The zero-order valence-corrected chi connectivity index (χ0v) is 8.07. The van der Waals surface area contributed by atoms with Gasteiger partial charge in [0, 0.05) is 24.3 Å². The molecule has 0 bridgehead atoms. The normalized spacial score (nSPS) is 11.3. The summed E-state index contributed by atoms with van der Waals surface area (Å²) in [5.74, 6) is 1.25. The Morgan fingerprint density at radius 3 is 2.77 bits per heavy atom. The highest BCUT2D eigenvalue weighted by molar-refractivity contribution is 5.44. The molecule has 0 saturated carbocycles. The van der Waals surface area contributed by atoms with Crippen molar-refractivity contribution >= 4 is 12.3 Å². The molecule has 0 aliphatic rings. The number of nitrogens with two attached hydrogens (primary N) is 1. The third-order valence-corrected chi connectivity index (χ3v) is 1.86. The third-order valence-electron chi connectivity index (χ3n) is 1.86. The summed E-state index contributed by atoms with van der Waals surface area (Å²) >= 11 is 0. The van der Waals surface area contributed by atoms with Crippen LogP contribution < -0.4 is 5.73 Å². The van der Waals surface area contributed by atoms with E-state index >= 15 is 0 Å². The maximum atomic E-state index is 5.35. The van der Waals surface area contributed by atoms with E-state index < -0.39 is 0 Å². The van der Waals surface area contributed by atoms with Crippen LogP contribution in [0.2, 0.25) is 0 Å². The first-order chi connectivity index (χ1) is 6.20. The van der Waals surface area contributed by atoms with Gasteiger partial charge in [-0.1, -0.05) is 20.4 Å². The van der Waals surface area contributed by atoms with Crippen LogP contribution in [-0.2, 0) is 0 Å². The molecule has 0 amide bonds. The van der Waals surface area contributed by atoms with E-state index in [4.69, 9.17) is 5.73 Å². The Labute approximate surface area is 78.6 Å². The number of hydrogen-bond donors (Lipinski definition) is 1. The predicted molar refractivity (Wildman–Crippen MR) is 55.9 cm³/mol. The summed E-state index contributed by atoms with van der Waals surface area (Å²) in [6, 6.07) is 0. The molecule has 0 aliphatic carbocycles. The van der Waals surface area contributed by atoms with Crippen molar-refractivity contribution in [2.75, 3.05) is 0 Å². The van der Waals surface area contributed by atoms with Gasteiger partial charge in [-0.05, 0) is 12.0 Å². The topological polar surface area (TPSA) is 43.8 Å². The summed E-state index contributed by atoms with van der Waals surface area (Å²) < 4.78 is 1.94. The van der Waals surface area contributed by atoms with Crippen molar-refractivity contribution in [3.63, 3.8) is 0 Å². The zero-order valence-electron chi connectivity index (χ0n) is 8.07. The Bertz CT molecular complexity index is 321. The minimum atomic E-state index is 0.428. The number of nitrogens with zero attached hydrogens (tertiary/aromatic N) is 2. The van der Waals surface area contributed by atoms with Gasteiger partial charge in [0.05, 0.1) is 0 Å². The molecule has 0 fully saturated rings. The number of imidazole rings is 1. The molecule has 0 atom stereocenters. The largest absolute Gasteiger partial charge is 0.403 e. The maximum absolute atomic E-state index is 5.35. The van der Waals surface area contributed by atoms with Crippen molar-refractivity contribution in [3.05, 3.63) is 30.5 Å². The smallest absolute Gasteiger partial charge is 0.136 e. The third kappa shape index (κ3) is 1.80. The molecule has 2 N–H and O–H groups in total. The van der Waals surface area contributed by atoms with Crippen molar-refractivity contribution in [2.24, 2.45) is 5.73 Å². The van der Waals surface area contributed by atoms with Crippen LogP contribution in [0.25, 0.3) is 12.3 Å². The van der Waals surface area contributed by atoms with Gasteiger partial charge in [0.2, 0.25) is 0 Å². The molecule has 0 unspecified atom stereocenters. The highest BCUT2D eigenvalue weighted by atomic mass is 15.1. The number of rotatable bonds is 3. The van der Waals surface area contributed by atoms with Crippen molar-refractivity contribution < 1.29 is 0 Å². The van der Waals surface area contributed by atoms with Crippen LogP contribution in [0.4, 0.5) is 0 Å². The van der Waals surface area contributed by atoms with Crippen LogP contribution in [-0.4, -0.2) is 9.55 Å². The Morgan fingerprint density at radius 1 is 1.62 bits per heavy atom. The SMILES string of the molecule is C=Cc1ncc(C(C)C)n1/C=C\N. The lowest BCUT2D eigenvalue weighted by molar-refractivity contribution is 0.799.